The molecule has 0 saturated heterocycles. The Balaban J connectivity index is 1.95. The van der Waals surface area contributed by atoms with Crippen molar-refractivity contribution in [3.8, 4) is 0 Å². The van der Waals surface area contributed by atoms with Crippen LogP contribution >= 0.6 is 0 Å². The maximum absolute atomic E-state index is 4.73. The lowest BCUT2D eigenvalue weighted by Crippen LogP contribution is -2.02. The van der Waals surface area contributed by atoms with Crippen molar-refractivity contribution < 1.29 is 0 Å². The van der Waals surface area contributed by atoms with Gasteiger partial charge >= 0.3 is 0 Å². The maximum atomic E-state index is 4.73. The topological polar surface area (TPSA) is 17.8 Å². The molecule has 0 radical (unpaired) electrons. The molecule has 0 aliphatic heterocycles. The zero-order valence-corrected chi connectivity index (χ0v) is 14.9. The van der Waals surface area contributed by atoms with E-state index in [0.29, 0.717) is 5.92 Å². The Morgan fingerprint density at radius 1 is 1.00 bits per heavy atom. The van der Waals surface area contributed by atoms with Crippen molar-refractivity contribution in [2.75, 3.05) is 0 Å². The number of hydrogen-bond acceptors (Lipinski definition) is 1. The van der Waals surface area contributed by atoms with Gasteiger partial charge in [-0.3, -0.25) is 0 Å². The molecule has 0 spiro atoms. The first-order chi connectivity index (χ1) is 11.0. The van der Waals surface area contributed by atoms with Crippen molar-refractivity contribution in [2.24, 2.45) is 0 Å². The lowest BCUT2D eigenvalue weighted by Gasteiger charge is -2.11. The third-order valence-electron chi connectivity index (χ3n) is 5.06. The van der Waals surface area contributed by atoms with Crippen LogP contribution in [0.25, 0.3) is 11.0 Å². The van der Waals surface area contributed by atoms with Gasteiger partial charge in [0.2, 0.25) is 0 Å². The van der Waals surface area contributed by atoms with Crippen molar-refractivity contribution in [1.29, 1.82) is 0 Å². The molecular weight excluding hydrogens is 280 g/mol. The van der Waals surface area contributed by atoms with E-state index in [2.05, 4.69) is 75.6 Å². The van der Waals surface area contributed by atoms with Crippen LogP contribution in [0.2, 0.25) is 0 Å². The zero-order chi connectivity index (χ0) is 16.6. The molecule has 0 aliphatic carbocycles. The Morgan fingerprint density at radius 3 is 2.30 bits per heavy atom. The fraction of sp³-hybridized carbons (Fsp3) is 0.381. The molecule has 23 heavy (non-hydrogen) atoms. The summed E-state index contributed by atoms with van der Waals surface area (Å²) in [7, 11) is 0. The van der Waals surface area contributed by atoms with Crippen LogP contribution in [0.15, 0.2) is 36.4 Å². The van der Waals surface area contributed by atoms with Crippen molar-refractivity contribution in [1.82, 2.24) is 9.55 Å². The van der Waals surface area contributed by atoms with Crippen LogP contribution in [0, 0.1) is 20.8 Å². The second kappa shape index (κ2) is 6.19. The Hall–Kier alpha value is -2.09. The standard InChI is InChI=1S/C21H26N2/c1-6-14(2)19-9-7-18(8-10-19)13-23-17(5)22-20-11-15(3)16(4)12-21(20)23/h7-12,14H,6,13H2,1-5H3. The molecule has 2 nitrogen and oxygen atoms in total. The van der Waals surface area contributed by atoms with Gasteiger partial charge in [-0.2, -0.15) is 0 Å². The van der Waals surface area contributed by atoms with Crippen molar-refractivity contribution in [2.45, 2.75) is 53.5 Å². The first-order valence-electron chi connectivity index (χ1n) is 8.52. The van der Waals surface area contributed by atoms with Crippen molar-refractivity contribution >= 4 is 11.0 Å². The summed E-state index contributed by atoms with van der Waals surface area (Å²) in [6.45, 7) is 11.8. The molecular formula is C21H26N2. The van der Waals surface area contributed by atoms with Crippen molar-refractivity contribution in [3.63, 3.8) is 0 Å². The van der Waals surface area contributed by atoms with Gasteiger partial charge in [0.15, 0.2) is 0 Å². The number of aryl methyl sites for hydroxylation is 3. The maximum Gasteiger partial charge on any atom is 0.107 e. The average Bonchev–Trinajstić information content (AvgIpc) is 2.83. The van der Waals surface area contributed by atoms with Gasteiger partial charge in [0.05, 0.1) is 11.0 Å². The predicted molar refractivity (Wildman–Crippen MR) is 98.2 cm³/mol. The molecule has 0 fully saturated rings. The molecule has 3 rings (SSSR count). The van der Waals surface area contributed by atoms with Gasteiger partial charge in [-0.15, -0.1) is 0 Å². The van der Waals surface area contributed by atoms with Crippen LogP contribution in [0.3, 0.4) is 0 Å². The first-order valence-corrected chi connectivity index (χ1v) is 8.52. The SMILES string of the molecule is CCC(C)c1ccc(Cn2c(C)nc3cc(C)c(C)cc32)cc1. The molecule has 1 atom stereocenters. The van der Waals surface area contributed by atoms with Gasteiger partial charge in [0, 0.05) is 6.54 Å². The fourth-order valence-corrected chi connectivity index (χ4v) is 3.07. The van der Waals surface area contributed by atoms with E-state index in [4.69, 9.17) is 4.98 Å². The normalized spacial score (nSPS) is 12.7. The van der Waals surface area contributed by atoms with Gasteiger partial charge in [0.25, 0.3) is 0 Å². The van der Waals surface area contributed by atoms with Crippen LogP contribution in [0.5, 0.6) is 0 Å². The monoisotopic (exact) mass is 306 g/mol. The van der Waals surface area contributed by atoms with E-state index in [-0.39, 0.29) is 0 Å². The highest BCUT2D eigenvalue weighted by Gasteiger charge is 2.10. The molecule has 120 valence electrons. The highest BCUT2D eigenvalue weighted by Crippen LogP contribution is 2.23. The van der Waals surface area contributed by atoms with Crippen LogP contribution in [0.4, 0.5) is 0 Å². The molecule has 1 aromatic heterocycles. The zero-order valence-electron chi connectivity index (χ0n) is 14.9. The molecule has 2 heteroatoms. The number of rotatable bonds is 4. The van der Waals surface area contributed by atoms with Gasteiger partial charge < -0.3 is 4.57 Å². The van der Waals surface area contributed by atoms with E-state index in [1.807, 2.05) is 0 Å². The predicted octanol–water partition coefficient (Wildman–Crippen LogP) is 5.52. The number of imidazole rings is 1. The summed E-state index contributed by atoms with van der Waals surface area (Å²) in [6, 6.07) is 13.5. The fourth-order valence-electron chi connectivity index (χ4n) is 3.07. The summed E-state index contributed by atoms with van der Waals surface area (Å²) >= 11 is 0. The van der Waals surface area contributed by atoms with Gasteiger partial charge in [-0.1, -0.05) is 38.1 Å². The summed E-state index contributed by atoms with van der Waals surface area (Å²) in [5.74, 6) is 1.71. The molecule has 0 bridgehead atoms. The van der Waals surface area contributed by atoms with Crippen LogP contribution in [-0.2, 0) is 6.54 Å². The smallest absolute Gasteiger partial charge is 0.107 e. The number of nitrogens with zero attached hydrogens (tertiary/aromatic N) is 2. The van der Waals surface area contributed by atoms with E-state index >= 15 is 0 Å². The molecule has 0 aliphatic rings. The van der Waals surface area contributed by atoms with Crippen LogP contribution in [-0.4, -0.2) is 9.55 Å². The first kappa shape index (κ1) is 15.8. The van der Waals surface area contributed by atoms with Crippen LogP contribution < -0.4 is 0 Å². The summed E-state index contributed by atoms with van der Waals surface area (Å²) < 4.78 is 2.32. The molecule has 0 saturated carbocycles. The average molecular weight is 306 g/mol. The van der Waals surface area contributed by atoms with Gasteiger partial charge in [-0.05, 0) is 67.5 Å². The van der Waals surface area contributed by atoms with E-state index in [1.165, 1.54) is 34.2 Å². The number of fused-ring (bicyclic) bond motifs is 1. The summed E-state index contributed by atoms with van der Waals surface area (Å²) in [5.41, 5.74) is 7.72. The lowest BCUT2D eigenvalue weighted by molar-refractivity contribution is 0.731. The highest BCUT2D eigenvalue weighted by atomic mass is 15.1. The molecule has 0 N–H and O–H groups in total. The van der Waals surface area contributed by atoms with E-state index in [0.717, 1.165) is 17.9 Å². The van der Waals surface area contributed by atoms with Crippen molar-refractivity contribution in [3.05, 3.63) is 64.5 Å². The minimum absolute atomic E-state index is 0.630. The summed E-state index contributed by atoms with van der Waals surface area (Å²) in [6.07, 6.45) is 1.18. The van der Waals surface area contributed by atoms with Gasteiger partial charge in [-0.25, -0.2) is 4.98 Å². The second-order valence-corrected chi connectivity index (χ2v) is 6.72. The second-order valence-electron chi connectivity index (χ2n) is 6.72. The quantitative estimate of drug-likeness (QED) is 0.620. The number of aromatic nitrogens is 2. The molecule has 3 aromatic rings. The Bertz CT molecular complexity index is 825. The van der Waals surface area contributed by atoms with E-state index in [1.54, 1.807) is 0 Å². The molecule has 1 unspecified atom stereocenters. The molecule has 2 aromatic carbocycles. The Kier molecular flexibility index (Phi) is 4.25. The Morgan fingerprint density at radius 2 is 1.65 bits per heavy atom. The minimum Gasteiger partial charge on any atom is -0.324 e. The lowest BCUT2D eigenvalue weighted by atomic mass is 9.97. The van der Waals surface area contributed by atoms with Gasteiger partial charge in [0.1, 0.15) is 5.82 Å². The minimum atomic E-state index is 0.630. The van der Waals surface area contributed by atoms with E-state index < -0.39 is 0 Å². The van der Waals surface area contributed by atoms with E-state index in [9.17, 15) is 0 Å². The number of hydrogen-bond donors (Lipinski definition) is 0. The van der Waals surface area contributed by atoms with Crippen LogP contribution in [0.1, 0.15) is 54.3 Å². The molecule has 0 amide bonds. The largest absolute Gasteiger partial charge is 0.324 e. The third-order valence-corrected chi connectivity index (χ3v) is 5.06. The summed E-state index contributed by atoms with van der Waals surface area (Å²) in [4.78, 5) is 4.73. The highest BCUT2D eigenvalue weighted by molar-refractivity contribution is 5.78. The number of benzene rings is 2. The summed E-state index contributed by atoms with van der Waals surface area (Å²) in [5, 5.41) is 0. The molecule has 1 heterocycles. The third kappa shape index (κ3) is 3.03. The Labute approximate surface area is 139 Å².